The minimum absolute atomic E-state index is 0.262. The van der Waals surface area contributed by atoms with Crippen molar-refractivity contribution in [3.63, 3.8) is 0 Å². The third-order valence-corrected chi connectivity index (χ3v) is 5.41. The SMILES string of the molecule is Cc1cc(C(F)(F)F)ccc1N1CCOCC1Cc1cc(C(F)(F)F)ccc1N(C)C. The highest BCUT2D eigenvalue weighted by Gasteiger charge is 2.34. The molecule has 2 aromatic carbocycles. The van der Waals surface area contributed by atoms with Crippen LogP contribution in [-0.4, -0.2) is 39.9 Å². The molecule has 9 heteroatoms. The number of hydrogen-bond donors (Lipinski definition) is 0. The third kappa shape index (κ3) is 5.26. The molecule has 0 N–H and O–H groups in total. The number of nitrogens with zero attached hydrogens (tertiary/aromatic N) is 2. The predicted octanol–water partition coefficient (Wildman–Crippen LogP) is 5.55. The van der Waals surface area contributed by atoms with Gasteiger partial charge >= 0.3 is 12.4 Å². The van der Waals surface area contributed by atoms with Gasteiger partial charge in [-0.3, -0.25) is 0 Å². The number of alkyl halides is 6. The van der Waals surface area contributed by atoms with Gasteiger partial charge in [-0.2, -0.15) is 26.3 Å². The lowest BCUT2D eigenvalue weighted by Crippen LogP contribution is -2.47. The van der Waals surface area contributed by atoms with Crippen molar-refractivity contribution in [2.24, 2.45) is 0 Å². The number of anilines is 2. The molecular formula is C22H24F6N2O. The molecule has 2 aromatic rings. The molecule has 3 rings (SSSR count). The number of benzene rings is 2. The van der Waals surface area contributed by atoms with Gasteiger partial charge in [-0.1, -0.05) is 0 Å². The molecule has 0 aromatic heterocycles. The van der Waals surface area contributed by atoms with E-state index in [4.69, 9.17) is 4.74 Å². The zero-order valence-electron chi connectivity index (χ0n) is 17.4. The minimum atomic E-state index is -4.47. The number of hydrogen-bond acceptors (Lipinski definition) is 3. The number of ether oxygens (including phenoxy) is 1. The summed E-state index contributed by atoms with van der Waals surface area (Å²) in [5, 5.41) is 0. The molecule has 1 fully saturated rings. The summed E-state index contributed by atoms with van der Waals surface area (Å²) in [4.78, 5) is 3.67. The Hall–Kier alpha value is -2.42. The molecule has 1 saturated heterocycles. The van der Waals surface area contributed by atoms with Crippen molar-refractivity contribution in [3.8, 4) is 0 Å². The quantitative estimate of drug-likeness (QED) is 0.573. The Morgan fingerprint density at radius 2 is 1.58 bits per heavy atom. The van der Waals surface area contributed by atoms with Crippen LogP contribution in [-0.2, 0) is 23.5 Å². The van der Waals surface area contributed by atoms with Crippen LogP contribution in [0.2, 0.25) is 0 Å². The zero-order chi connectivity index (χ0) is 23.0. The normalized spacial score (nSPS) is 17.7. The fourth-order valence-electron chi connectivity index (χ4n) is 3.91. The summed E-state index contributed by atoms with van der Waals surface area (Å²) < 4.78 is 84.5. The van der Waals surface area contributed by atoms with Crippen LogP contribution in [0.25, 0.3) is 0 Å². The van der Waals surface area contributed by atoms with Crippen LogP contribution in [0.5, 0.6) is 0 Å². The average molecular weight is 446 g/mol. The van der Waals surface area contributed by atoms with E-state index in [0.29, 0.717) is 35.7 Å². The fraction of sp³-hybridized carbons (Fsp3) is 0.455. The molecule has 0 radical (unpaired) electrons. The van der Waals surface area contributed by atoms with E-state index in [-0.39, 0.29) is 19.1 Å². The smallest absolute Gasteiger partial charge is 0.377 e. The van der Waals surface area contributed by atoms with Crippen LogP contribution in [0.3, 0.4) is 0 Å². The van der Waals surface area contributed by atoms with Crippen molar-refractivity contribution in [1.82, 2.24) is 0 Å². The number of aryl methyl sites for hydroxylation is 1. The molecule has 0 saturated carbocycles. The Bertz CT molecular complexity index is 923. The number of rotatable bonds is 4. The molecule has 1 atom stereocenters. The molecule has 3 nitrogen and oxygen atoms in total. The molecular weight excluding hydrogens is 422 g/mol. The first-order valence-corrected chi connectivity index (χ1v) is 9.77. The Balaban J connectivity index is 1.95. The van der Waals surface area contributed by atoms with E-state index >= 15 is 0 Å². The van der Waals surface area contributed by atoms with E-state index in [9.17, 15) is 26.3 Å². The summed E-state index contributed by atoms with van der Waals surface area (Å²) in [7, 11) is 3.50. The lowest BCUT2D eigenvalue weighted by molar-refractivity contribution is -0.138. The van der Waals surface area contributed by atoms with Crippen molar-refractivity contribution in [3.05, 3.63) is 58.7 Å². The van der Waals surface area contributed by atoms with Crippen molar-refractivity contribution >= 4 is 11.4 Å². The van der Waals surface area contributed by atoms with Gasteiger partial charge in [0.1, 0.15) is 0 Å². The first-order chi connectivity index (χ1) is 14.4. The monoisotopic (exact) mass is 446 g/mol. The number of halogens is 6. The molecule has 170 valence electrons. The van der Waals surface area contributed by atoms with E-state index in [1.807, 2.05) is 4.90 Å². The summed E-state index contributed by atoms with van der Waals surface area (Å²) in [6.45, 7) is 2.70. The lowest BCUT2D eigenvalue weighted by atomic mass is 9.98. The standard InChI is InChI=1S/C22H24F6N2O/c1-14-10-16(21(23,24)25)4-6-19(14)30-8-9-31-13-18(30)12-15-11-17(22(26,27)28)5-7-20(15)29(2)3/h4-7,10-11,18H,8-9,12-13H2,1-3H3. The average Bonchev–Trinajstić information content (AvgIpc) is 2.67. The van der Waals surface area contributed by atoms with Gasteiger partial charge < -0.3 is 14.5 Å². The van der Waals surface area contributed by atoms with Crippen LogP contribution in [0.4, 0.5) is 37.7 Å². The molecule has 1 heterocycles. The van der Waals surface area contributed by atoms with E-state index in [0.717, 1.165) is 24.3 Å². The van der Waals surface area contributed by atoms with E-state index in [2.05, 4.69) is 0 Å². The van der Waals surface area contributed by atoms with Gasteiger partial charge in [-0.05, 0) is 60.9 Å². The van der Waals surface area contributed by atoms with E-state index in [1.54, 1.807) is 25.9 Å². The van der Waals surface area contributed by atoms with E-state index in [1.165, 1.54) is 12.1 Å². The second-order valence-electron chi connectivity index (χ2n) is 7.86. The molecule has 0 spiro atoms. The Morgan fingerprint density at radius 3 is 2.16 bits per heavy atom. The van der Waals surface area contributed by atoms with Crippen molar-refractivity contribution < 1.29 is 31.1 Å². The molecule has 1 unspecified atom stereocenters. The van der Waals surface area contributed by atoms with Crippen LogP contribution < -0.4 is 9.80 Å². The van der Waals surface area contributed by atoms with Crippen molar-refractivity contribution in [2.45, 2.75) is 31.7 Å². The second-order valence-corrected chi connectivity index (χ2v) is 7.86. The first kappa shape index (κ1) is 23.2. The molecule has 1 aliphatic heterocycles. The second kappa shape index (κ2) is 8.61. The van der Waals surface area contributed by atoms with Gasteiger partial charge in [-0.15, -0.1) is 0 Å². The summed E-state index contributed by atoms with van der Waals surface area (Å²) in [6, 6.07) is 6.87. The molecule has 0 amide bonds. The molecule has 1 aliphatic rings. The van der Waals surface area contributed by atoms with Crippen LogP contribution in [0.15, 0.2) is 36.4 Å². The maximum absolute atomic E-state index is 13.3. The van der Waals surface area contributed by atoms with Crippen LogP contribution >= 0.6 is 0 Å². The maximum Gasteiger partial charge on any atom is 0.416 e. The topological polar surface area (TPSA) is 15.7 Å². The van der Waals surface area contributed by atoms with Gasteiger partial charge in [0.25, 0.3) is 0 Å². The molecule has 0 aliphatic carbocycles. The molecule has 31 heavy (non-hydrogen) atoms. The van der Waals surface area contributed by atoms with Crippen LogP contribution in [0.1, 0.15) is 22.3 Å². The zero-order valence-corrected chi connectivity index (χ0v) is 17.4. The third-order valence-electron chi connectivity index (χ3n) is 5.41. The molecule has 0 bridgehead atoms. The van der Waals surface area contributed by atoms with Gasteiger partial charge in [0.2, 0.25) is 0 Å². The summed E-state index contributed by atoms with van der Waals surface area (Å²) >= 11 is 0. The minimum Gasteiger partial charge on any atom is -0.377 e. The van der Waals surface area contributed by atoms with Gasteiger partial charge in [-0.25, -0.2) is 0 Å². The predicted molar refractivity (Wildman–Crippen MR) is 108 cm³/mol. The van der Waals surface area contributed by atoms with Crippen molar-refractivity contribution in [2.75, 3.05) is 43.7 Å². The maximum atomic E-state index is 13.3. The Labute approximate surface area is 177 Å². The number of morpholine rings is 1. The highest BCUT2D eigenvalue weighted by molar-refractivity contribution is 5.58. The highest BCUT2D eigenvalue weighted by Crippen LogP contribution is 2.36. The van der Waals surface area contributed by atoms with Gasteiger partial charge in [0.05, 0.1) is 30.4 Å². The lowest BCUT2D eigenvalue weighted by Gasteiger charge is -2.39. The summed E-state index contributed by atoms with van der Waals surface area (Å²) in [6.07, 6.45) is -8.64. The fourth-order valence-corrected chi connectivity index (χ4v) is 3.91. The Kier molecular flexibility index (Phi) is 6.45. The van der Waals surface area contributed by atoms with Gasteiger partial charge in [0, 0.05) is 32.0 Å². The highest BCUT2D eigenvalue weighted by atomic mass is 19.4. The first-order valence-electron chi connectivity index (χ1n) is 9.77. The Morgan fingerprint density at radius 1 is 0.968 bits per heavy atom. The van der Waals surface area contributed by atoms with E-state index < -0.39 is 23.5 Å². The summed E-state index contributed by atoms with van der Waals surface area (Å²) in [5.41, 5.74) is 0.777. The van der Waals surface area contributed by atoms with Crippen molar-refractivity contribution in [1.29, 1.82) is 0 Å². The van der Waals surface area contributed by atoms with Crippen LogP contribution in [0, 0.1) is 6.92 Å². The van der Waals surface area contributed by atoms with Gasteiger partial charge in [0.15, 0.2) is 0 Å². The summed E-state index contributed by atoms with van der Waals surface area (Å²) in [5.74, 6) is 0. The largest absolute Gasteiger partial charge is 0.416 e.